The van der Waals surface area contributed by atoms with Gasteiger partial charge in [-0.1, -0.05) is 18.2 Å². The summed E-state index contributed by atoms with van der Waals surface area (Å²) in [5.74, 6) is 0.748. The van der Waals surface area contributed by atoms with E-state index in [9.17, 15) is 0 Å². The zero-order valence-electron chi connectivity index (χ0n) is 10.0. The number of nitrogens with two attached hydrogens (primary N) is 1. The van der Waals surface area contributed by atoms with Crippen LogP contribution in [0.25, 0.3) is 33.5 Å². The Balaban J connectivity index is 1.99. The molecule has 5 heteroatoms. The minimum atomic E-state index is 0.717. The lowest BCUT2D eigenvalue weighted by Crippen LogP contribution is -1.82. The van der Waals surface area contributed by atoms with Crippen molar-refractivity contribution < 1.29 is 0 Å². The lowest BCUT2D eigenvalue weighted by molar-refractivity contribution is 1.11. The van der Waals surface area contributed by atoms with Crippen LogP contribution in [0.1, 0.15) is 0 Å². The first-order valence-electron chi connectivity index (χ1n) is 6.00. The van der Waals surface area contributed by atoms with Crippen LogP contribution in [0.4, 0.5) is 5.69 Å². The Hall–Kier alpha value is -2.82. The van der Waals surface area contributed by atoms with Crippen LogP contribution < -0.4 is 5.73 Å². The van der Waals surface area contributed by atoms with Gasteiger partial charge in [-0.3, -0.25) is 5.10 Å². The van der Waals surface area contributed by atoms with Gasteiger partial charge in [-0.2, -0.15) is 5.10 Å². The van der Waals surface area contributed by atoms with Crippen LogP contribution in [0.15, 0.2) is 42.5 Å². The van der Waals surface area contributed by atoms with E-state index in [-0.39, 0.29) is 0 Å². The fraction of sp³-hybridized carbons (Fsp3) is 0. The number of rotatable bonds is 1. The first-order chi connectivity index (χ1) is 9.31. The summed E-state index contributed by atoms with van der Waals surface area (Å²) in [5, 5.41) is 8.39. The van der Waals surface area contributed by atoms with E-state index in [0.29, 0.717) is 0 Å². The van der Waals surface area contributed by atoms with Crippen LogP contribution in [0.2, 0.25) is 0 Å². The zero-order valence-corrected chi connectivity index (χ0v) is 10.0. The van der Waals surface area contributed by atoms with Gasteiger partial charge in [0.15, 0.2) is 5.82 Å². The molecule has 0 aliphatic carbocycles. The fourth-order valence-electron chi connectivity index (χ4n) is 2.28. The normalized spacial score (nSPS) is 11.4. The summed E-state index contributed by atoms with van der Waals surface area (Å²) in [6.45, 7) is 0. The number of imidazole rings is 1. The molecule has 92 valence electrons. The number of aromatic nitrogens is 4. The third kappa shape index (κ3) is 1.48. The summed E-state index contributed by atoms with van der Waals surface area (Å²) in [5.41, 5.74) is 10.1. The topological polar surface area (TPSA) is 83.4 Å². The molecule has 0 aliphatic heterocycles. The highest BCUT2D eigenvalue weighted by Crippen LogP contribution is 2.26. The highest BCUT2D eigenvalue weighted by molar-refractivity contribution is 5.93. The van der Waals surface area contributed by atoms with Crippen LogP contribution in [-0.4, -0.2) is 20.2 Å². The summed E-state index contributed by atoms with van der Waals surface area (Å²) in [7, 11) is 0. The second-order valence-electron chi connectivity index (χ2n) is 4.48. The van der Waals surface area contributed by atoms with Crippen LogP contribution in [-0.2, 0) is 0 Å². The molecular weight excluding hydrogens is 238 g/mol. The van der Waals surface area contributed by atoms with E-state index in [0.717, 1.165) is 39.1 Å². The highest BCUT2D eigenvalue weighted by atomic mass is 15.1. The van der Waals surface area contributed by atoms with Gasteiger partial charge in [0.2, 0.25) is 0 Å². The third-order valence-corrected chi connectivity index (χ3v) is 3.20. The lowest BCUT2D eigenvalue weighted by atomic mass is 10.2. The number of nitrogens with zero attached hydrogens (tertiary/aromatic N) is 2. The Labute approximate surface area is 108 Å². The van der Waals surface area contributed by atoms with E-state index in [2.05, 4.69) is 20.2 Å². The number of H-pyrrole nitrogens is 2. The number of hydrogen-bond donors (Lipinski definition) is 3. The molecule has 2 heterocycles. The Kier molecular flexibility index (Phi) is 1.91. The maximum Gasteiger partial charge on any atom is 0.159 e. The number of hydrogen-bond acceptors (Lipinski definition) is 3. The molecule has 4 aromatic rings. The first-order valence-corrected chi connectivity index (χ1v) is 6.00. The van der Waals surface area contributed by atoms with Crippen molar-refractivity contribution in [1.82, 2.24) is 20.2 Å². The number of aromatic amines is 2. The lowest BCUT2D eigenvalue weighted by Gasteiger charge is -1.91. The number of fused-ring (bicyclic) bond motifs is 2. The van der Waals surface area contributed by atoms with Crippen molar-refractivity contribution in [2.24, 2.45) is 0 Å². The smallest absolute Gasteiger partial charge is 0.159 e. The summed E-state index contributed by atoms with van der Waals surface area (Å²) >= 11 is 0. The van der Waals surface area contributed by atoms with Gasteiger partial charge in [-0.05, 0) is 24.3 Å². The molecule has 4 rings (SSSR count). The molecular formula is C14H11N5. The van der Waals surface area contributed by atoms with Crippen molar-refractivity contribution in [1.29, 1.82) is 0 Å². The molecule has 0 spiro atoms. The maximum atomic E-state index is 5.77. The second kappa shape index (κ2) is 3.58. The Bertz CT molecular complexity index is 887. The minimum Gasteiger partial charge on any atom is -0.399 e. The first kappa shape index (κ1) is 10.1. The third-order valence-electron chi connectivity index (χ3n) is 3.20. The molecule has 4 N–H and O–H groups in total. The van der Waals surface area contributed by atoms with Crippen molar-refractivity contribution >= 4 is 27.6 Å². The number of nitrogens with one attached hydrogen (secondary N) is 2. The molecule has 19 heavy (non-hydrogen) atoms. The summed E-state index contributed by atoms with van der Waals surface area (Å²) < 4.78 is 0. The average molecular weight is 249 g/mol. The SMILES string of the molecule is Nc1ccc2nc(-c3n[nH]c4ccccc34)[nH]c2c1. The van der Waals surface area contributed by atoms with E-state index in [1.807, 2.05) is 42.5 Å². The Morgan fingerprint density at radius 1 is 1.00 bits per heavy atom. The average Bonchev–Trinajstić information content (AvgIpc) is 3.00. The Morgan fingerprint density at radius 3 is 2.84 bits per heavy atom. The van der Waals surface area contributed by atoms with Gasteiger partial charge in [-0.15, -0.1) is 0 Å². The van der Waals surface area contributed by atoms with Gasteiger partial charge in [0.1, 0.15) is 5.69 Å². The second-order valence-corrected chi connectivity index (χ2v) is 4.48. The minimum absolute atomic E-state index is 0.717. The number of anilines is 1. The highest BCUT2D eigenvalue weighted by Gasteiger charge is 2.11. The monoisotopic (exact) mass is 249 g/mol. The molecule has 5 nitrogen and oxygen atoms in total. The van der Waals surface area contributed by atoms with Gasteiger partial charge in [0, 0.05) is 11.1 Å². The summed E-state index contributed by atoms with van der Waals surface area (Å²) in [6, 6.07) is 13.6. The molecule has 0 bridgehead atoms. The van der Waals surface area contributed by atoms with E-state index < -0.39 is 0 Å². The van der Waals surface area contributed by atoms with Gasteiger partial charge in [-0.25, -0.2) is 4.98 Å². The molecule has 0 atom stereocenters. The Morgan fingerprint density at radius 2 is 1.89 bits per heavy atom. The number of para-hydroxylation sites is 1. The van der Waals surface area contributed by atoms with E-state index in [4.69, 9.17) is 5.73 Å². The molecule has 0 amide bonds. The predicted molar refractivity (Wildman–Crippen MR) is 75.6 cm³/mol. The predicted octanol–water partition coefficient (Wildman–Crippen LogP) is 2.69. The number of benzene rings is 2. The summed E-state index contributed by atoms with van der Waals surface area (Å²) in [6.07, 6.45) is 0. The van der Waals surface area contributed by atoms with Crippen LogP contribution >= 0.6 is 0 Å². The largest absolute Gasteiger partial charge is 0.399 e. The van der Waals surface area contributed by atoms with E-state index in [1.54, 1.807) is 0 Å². The summed E-state index contributed by atoms with van der Waals surface area (Å²) in [4.78, 5) is 7.81. The zero-order chi connectivity index (χ0) is 12.8. The molecule has 0 radical (unpaired) electrons. The van der Waals surface area contributed by atoms with Gasteiger partial charge >= 0.3 is 0 Å². The van der Waals surface area contributed by atoms with E-state index >= 15 is 0 Å². The molecule has 2 aromatic carbocycles. The van der Waals surface area contributed by atoms with Crippen molar-refractivity contribution in [3.63, 3.8) is 0 Å². The van der Waals surface area contributed by atoms with Gasteiger partial charge in [0.05, 0.1) is 16.6 Å². The number of nitrogen functional groups attached to an aromatic ring is 1. The molecule has 0 fully saturated rings. The maximum absolute atomic E-state index is 5.77. The molecule has 0 unspecified atom stereocenters. The molecule has 2 aromatic heterocycles. The fourth-order valence-corrected chi connectivity index (χ4v) is 2.28. The van der Waals surface area contributed by atoms with Crippen LogP contribution in [0, 0.1) is 0 Å². The van der Waals surface area contributed by atoms with Crippen LogP contribution in [0.3, 0.4) is 0 Å². The van der Waals surface area contributed by atoms with Gasteiger partial charge in [0.25, 0.3) is 0 Å². The van der Waals surface area contributed by atoms with Crippen molar-refractivity contribution in [3.05, 3.63) is 42.5 Å². The van der Waals surface area contributed by atoms with Crippen molar-refractivity contribution in [3.8, 4) is 11.5 Å². The van der Waals surface area contributed by atoms with E-state index in [1.165, 1.54) is 0 Å². The van der Waals surface area contributed by atoms with Crippen LogP contribution in [0.5, 0.6) is 0 Å². The van der Waals surface area contributed by atoms with Crippen molar-refractivity contribution in [2.45, 2.75) is 0 Å². The van der Waals surface area contributed by atoms with Crippen molar-refractivity contribution in [2.75, 3.05) is 5.73 Å². The molecule has 0 saturated heterocycles. The molecule has 0 saturated carbocycles. The quantitative estimate of drug-likeness (QED) is 0.453. The van der Waals surface area contributed by atoms with Gasteiger partial charge < -0.3 is 10.7 Å². The standard InChI is InChI=1S/C14H11N5/c15-8-5-6-11-12(7-8)17-14(16-11)13-9-3-1-2-4-10(9)18-19-13/h1-7H,15H2,(H,16,17)(H,18,19). The molecule has 0 aliphatic rings.